The van der Waals surface area contributed by atoms with E-state index in [1.165, 1.54) is 12.8 Å². The van der Waals surface area contributed by atoms with Crippen molar-refractivity contribution in [1.82, 2.24) is 0 Å². The molecular weight excluding hydrogens is 136 g/mol. The molecule has 0 radical (unpaired) electrons. The largest absolute Gasteiger partial charge is 0.381 e. The van der Waals surface area contributed by atoms with Crippen LogP contribution in [-0.2, 0) is 4.74 Å². The van der Waals surface area contributed by atoms with E-state index in [1.54, 1.807) is 7.11 Å². The van der Waals surface area contributed by atoms with Crippen molar-refractivity contribution in [2.24, 2.45) is 11.8 Å². The second-order valence-electron chi connectivity index (χ2n) is 3.04. The lowest BCUT2D eigenvalue weighted by molar-refractivity contribution is 0.0913. The van der Waals surface area contributed by atoms with E-state index in [0.717, 1.165) is 5.92 Å². The normalized spacial score (nSPS) is 55.3. The minimum atomic E-state index is 0.448. The molecule has 0 aromatic rings. The summed E-state index contributed by atoms with van der Waals surface area (Å²) in [7, 11) is 1.79. The molecular formula is C7H11ClO. The van der Waals surface area contributed by atoms with Gasteiger partial charge in [0.25, 0.3) is 0 Å². The molecule has 0 saturated heterocycles. The zero-order valence-corrected chi connectivity index (χ0v) is 6.27. The highest BCUT2D eigenvalue weighted by atomic mass is 35.5. The standard InChI is InChI=1S/C7H11ClO/c1-9-5-3-2-4-6(5)7(4)8/h4-7H,2-3H2,1H3/t4-,5+,6-,7+/m0/s1. The maximum atomic E-state index is 5.95. The van der Waals surface area contributed by atoms with E-state index in [1.807, 2.05) is 0 Å². The van der Waals surface area contributed by atoms with Crippen molar-refractivity contribution >= 4 is 11.6 Å². The molecule has 4 atom stereocenters. The van der Waals surface area contributed by atoms with Crippen LogP contribution in [0.15, 0.2) is 0 Å². The first kappa shape index (κ1) is 5.99. The molecule has 0 N–H and O–H groups in total. The Morgan fingerprint density at radius 1 is 1.44 bits per heavy atom. The van der Waals surface area contributed by atoms with Crippen LogP contribution in [0.3, 0.4) is 0 Å². The van der Waals surface area contributed by atoms with Crippen LogP contribution in [0.4, 0.5) is 0 Å². The number of ether oxygens (including phenoxy) is 1. The van der Waals surface area contributed by atoms with Gasteiger partial charge in [-0.1, -0.05) is 0 Å². The van der Waals surface area contributed by atoms with Gasteiger partial charge in [-0.25, -0.2) is 0 Å². The van der Waals surface area contributed by atoms with Crippen LogP contribution in [0.1, 0.15) is 12.8 Å². The van der Waals surface area contributed by atoms with E-state index in [9.17, 15) is 0 Å². The van der Waals surface area contributed by atoms with Crippen molar-refractivity contribution in [2.45, 2.75) is 24.3 Å². The third kappa shape index (κ3) is 0.714. The molecule has 2 saturated carbocycles. The molecule has 2 rings (SSSR count). The number of alkyl halides is 1. The number of rotatable bonds is 1. The van der Waals surface area contributed by atoms with E-state index in [4.69, 9.17) is 16.3 Å². The second-order valence-corrected chi connectivity index (χ2v) is 3.54. The quantitative estimate of drug-likeness (QED) is 0.512. The Labute approximate surface area is 60.3 Å². The Morgan fingerprint density at radius 2 is 2.22 bits per heavy atom. The predicted octanol–water partition coefficient (Wildman–Crippen LogP) is 1.65. The Morgan fingerprint density at radius 3 is 2.56 bits per heavy atom. The van der Waals surface area contributed by atoms with Crippen LogP contribution in [-0.4, -0.2) is 18.6 Å². The molecule has 1 nitrogen and oxygen atoms in total. The van der Waals surface area contributed by atoms with Crippen molar-refractivity contribution in [3.8, 4) is 0 Å². The zero-order chi connectivity index (χ0) is 6.43. The summed E-state index contributed by atoms with van der Waals surface area (Å²) >= 11 is 5.95. The summed E-state index contributed by atoms with van der Waals surface area (Å²) in [6, 6.07) is 0. The molecule has 0 aliphatic heterocycles. The van der Waals surface area contributed by atoms with Gasteiger partial charge in [0.15, 0.2) is 0 Å². The number of methoxy groups -OCH3 is 1. The van der Waals surface area contributed by atoms with Gasteiger partial charge in [0.2, 0.25) is 0 Å². The van der Waals surface area contributed by atoms with Crippen molar-refractivity contribution in [3.63, 3.8) is 0 Å². The van der Waals surface area contributed by atoms with Crippen molar-refractivity contribution in [2.75, 3.05) is 7.11 Å². The van der Waals surface area contributed by atoms with E-state index in [2.05, 4.69) is 0 Å². The Bertz CT molecular complexity index is 126. The lowest BCUT2D eigenvalue weighted by Gasteiger charge is -2.08. The van der Waals surface area contributed by atoms with Gasteiger partial charge in [-0.15, -0.1) is 11.6 Å². The first-order valence-corrected chi connectivity index (χ1v) is 3.95. The van der Waals surface area contributed by atoms with Gasteiger partial charge >= 0.3 is 0 Å². The third-order valence-corrected chi connectivity index (χ3v) is 3.26. The molecule has 52 valence electrons. The fourth-order valence-corrected chi connectivity index (χ4v) is 2.57. The highest BCUT2D eigenvalue weighted by Crippen LogP contribution is 2.56. The van der Waals surface area contributed by atoms with Gasteiger partial charge in [-0.05, 0) is 18.8 Å². The molecule has 0 aromatic carbocycles. The van der Waals surface area contributed by atoms with Crippen LogP contribution < -0.4 is 0 Å². The van der Waals surface area contributed by atoms with Gasteiger partial charge in [0.05, 0.1) is 6.10 Å². The second kappa shape index (κ2) is 1.86. The molecule has 0 spiro atoms. The Balaban J connectivity index is 1.99. The van der Waals surface area contributed by atoms with E-state index >= 15 is 0 Å². The topological polar surface area (TPSA) is 9.23 Å². The summed E-state index contributed by atoms with van der Waals surface area (Å²) in [6.45, 7) is 0. The monoisotopic (exact) mass is 146 g/mol. The average Bonchev–Trinajstić information content (AvgIpc) is 2.41. The van der Waals surface area contributed by atoms with Gasteiger partial charge in [0, 0.05) is 18.4 Å². The van der Waals surface area contributed by atoms with Crippen LogP contribution in [0.25, 0.3) is 0 Å². The predicted molar refractivity (Wildman–Crippen MR) is 36.7 cm³/mol. The molecule has 0 unspecified atom stereocenters. The number of halogens is 1. The first-order valence-electron chi connectivity index (χ1n) is 3.51. The molecule has 0 bridgehead atoms. The molecule has 2 aliphatic rings. The zero-order valence-electron chi connectivity index (χ0n) is 5.51. The van der Waals surface area contributed by atoms with Crippen molar-refractivity contribution in [3.05, 3.63) is 0 Å². The Hall–Kier alpha value is 0.250. The summed E-state index contributed by atoms with van der Waals surface area (Å²) in [6.07, 6.45) is 3.00. The highest BCUT2D eigenvalue weighted by Gasteiger charge is 2.57. The lowest BCUT2D eigenvalue weighted by atomic mass is 10.2. The van der Waals surface area contributed by atoms with Crippen LogP contribution >= 0.6 is 11.6 Å². The first-order chi connectivity index (χ1) is 4.34. The number of fused-ring (bicyclic) bond motifs is 1. The molecule has 0 heterocycles. The molecule has 2 heteroatoms. The average molecular weight is 147 g/mol. The van der Waals surface area contributed by atoms with Gasteiger partial charge in [0.1, 0.15) is 0 Å². The van der Waals surface area contributed by atoms with Crippen LogP contribution in [0.2, 0.25) is 0 Å². The summed E-state index contributed by atoms with van der Waals surface area (Å²) in [4.78, 5) is 0. The molecule has 2 fully saturated rings. The van der Waals surface area contributed by atoms with E-state index in [0.29, 0.717) is 17.4 Å². The third-order valence-electron chi connectivity index (χ3n) is 2.65. The SMILES string of the molecule is CO[C@@H]1CC[C@@H]2[C@@H](Cl)[C@@H]21. The molecule has 2 aliphatic carbocycles. The summed E-state index contributed by atoms with van der Waals surface area (Å²) in [5, 5.41) is 0.448. The smallest absolute Gasteiger partial charge is 0.0617 e. The summed E-state index contributed by atoms with van der Waals surface area (Å²) in [5.74, 6) is 1.51. The Kier molecular flexibility index (Phi) is 1.24. The minimum Gasteiger partial charge on any atom is -0.381 e. The minimum absolute atomic E-state index is 0.448. The van der Waals surface area contributed by atoms with Crippen LogP contribution in [0, 0.1) is 11.8 Å². The summed E-state index contributed by atoms with van der Waals surface area (Å²) < 4.78 is 5.25. The number of hydrogen-bond acceptors (Lipinski definition) is 1. The molecule has 0 amide bonds. The molecule has 9 heavy (non-hydrogen) atoms. The van der Waals surface area contributed by atoms with E-state index < -0.39 is 0 Å². The van der Waals surface area contributed by atoms with Gasteiger partial charge in [-0.2, -0.15) is 0 Å². The van der Waals surface area contributed by atoms with Crippen LogP contribution in [0.5, 0.6) is 0 Å². The van der Waals surface area contributed by atoms with Gasteiger partial charge < -0.3 is 4.74 Å². The van der Waals surface area contributed by atoms with Gasteiger partial charge in [-0.3, -0.25) is 0 Å². The fourth-order valence-electron chi connectivity index (χ4n) is 2.01. The lowest BCUT2D eigenvalue weighted by Crippen LogP contribution is -2.11. The van der Waals surface area contributed by atoms with Crippen molar-refractivity contribution in [1.29, 1.82) is 0 Å². The fraction of sp³-hybridized carbons (Fsp3) is 1.00. The maximum absolute atomic E-state index is 5.95. The highest BCUT2D eigenvalue weighted by molar-refractivity contribution is 6.23. The molecule has 0 aromatic heterocycles. The number of hydrogen-bond donors (Lipinski definition) is 0. The van der Waals surface area contributed by atoms with Crippen molar-refractivity contribution < 1.29 is 4.74 Å². The maximum Gasteiger partial charge on any atom is 0.0617 e. The summed E-state index contributed by atoms with van der Waals surface area (Å²) in [5.41, 5.74) is 0. The van der Waals surface area contributed by atoms with E-state index in [-0.39, 0.29) is 0 Å².